The maximum Gasteiger partial charge on any atom is 0.305 e. The van der Waals surface area contributed by atoms with E-state index < -0.39 is 49.5 Å². The zero-order valence-corrected chi connectivity index (χ0v) is 55.3. The van der Waals surface area contributed by atoms with Crippen LogP contribution in [0, 0.1) is 0 Å². The van der Waals surface area contributed by atoms with Crippen LogP contribution in [0.1, 0.15) is 348 Å². The van der Waals surface area contributed by atoms with Crippen LogP contribution in [0.15, 0.2) is 48.6 Å². The van der Waals surface area contributed by atoms with Crippen LogP contribution >= 0.6 is 0 Å². The molecule has 1 fully saturated rings. The maximum atomic E-state index is 13.1. The number of amides is 1. The Morgan fingerprint density at radius 1 is 0.435 bits per heavy atom. The standard InChI is InChI=1S/C74H137NO10/c1-3-5-7-9-11-13-15-40-44-48-52-56-60-67(77)66(65-84-74-73(82)72(81)71(80)68(64-76)85-74)75-69(78)61-57-53-49-45-41-38-36-34-32-30-28-26-24-22-20-18-17-19-21-23-25-27-29-31-33-35-37-39-43-47-51-55-59-63-83-70(79)62-58-54-50-46-42-16-14-12-10-8-6-4-2/h21,23,27,29,40,44,56,60,66-68,71-74,76-77,80-82H,3-20,22,24-26,28,30-39,41-43,45-55,57-59,61-65H2,1-2H3,(H,75,78)/b23-21-,29-27-,44-40+,60-56+. The highest BCUT2D eigenvalue weighted by molar-refractivity contribution is 5.76. The van der Waals surface area contributed by atoms with Crippen molar-refractivity contribution in [2.45, 2.75) is 391 Å². The Morgan fingerprint density at radius 2 is 0.800 bits per heavy atom. The van der Waals surface area contributed by atoms with Crippen LogP contribution in [-0.2, 0) is 23.8 Å². The van der Waals surface area contributed by atoms with Crippen LogP contribution in [0.2, 0.25) is 0 Å². The molecular formula is C74H137NO10. The molecule has 1 aliphatic rings. The lowest BCUT2D eigenvalue weighted by molar-refractivity contribution is -0.302. The minimum Gasteiger partial charge on any atom is -0.466 e. The molecule has 498 valence electrons. The van der Waals surface area contributed by atoms with Crippen molar-refractivity contribution < 1.29 is 49.3 Å². The molecule has 1 saturated heterocycles. The van der Waals surface area contributed by atoms with E-state index in [0.717, 1.165) is 64.2 Å². The van der Waals surface area contributed by atoms with Crippen LogP contribution in [0.4, 0.5) is 0 Å². The normalized spacial score (nSPS) is 18.2. The second kappa shape index (κ2) is 63.2. The Hall–Kier alpha value is -2.38. The third kappa shape index (κ3) is 52.1. The summed E-state index contributed by atoms with van der Waals surface area (Å²) in [6, 6.07) is -0.826. The second-order valence-electron chi connectivity index (χ2n) is 25.3. The van der Waals surface area contributed by atoms with Gasteiger partial charge in [-0.3, -0.25) is 9.59 Å². The number of carbonyl (C=O) groups excluding carboxylic acids is 2. The molecule has 7 unspecified atom stereocenters. The molecule has 0 bridgehead atoms. The Balaban J connectivity index is 1.95. The molecule has 11 heteroatoms. The van der Waals surface area contributed by atoms with Crippen molar-refractivity contribution >= 4 is 11.9 Å². The van der Waals surface area contributed by atoms with E-state index in [-0.39, 0.29) is 18.5 Å². The smallest absolute Gasteiger partial charge is 0.305 e. The highest BCUT2D eigenvalue weighted by atomic mass is 16.7. The lowest BCUT2D eigenvalue weighted by Crippen LogP contribution is -2.60. The van der Waals surface area contributed by atoms with Crippen molar-refractivity contribution in [1.82, 2.24) is 5.32 Å². The van der Waals surface area contributed by atoms with E-state index in [2.05, 4.69) is 55.6 Å². The molecule has 0 aromatic heterocycles. The van der Waals surface area contributed by atoms with Crippen LogP contribution < -0.4 is 5.32 Å². The molecule has 1 heterocycles. The van der Waals surface area contributed by atoms with E-state index in [4.69, 9.17) is 14.2 Å². The summed E-state index contributed by atoms with van der Waals surface area (Å²) in [5, 5.41) is 54.4. The van der Waals surface area contributed by atoms with Crippen molar-refractivity contribution in [3.8, 4) is 0 Å². The number of ether oxygens (including phenoxy) is 3. The first kappa shape index (κ1) is 80.6. The van der Waals surface area contributed by atoms with Crippen molar-refractivity contribution in [1.29, 1.82) is 0 Å². The molecular weight excluding hydrogens is 1060 g/mol. The fourth-order valence-corrected chi connectivity index (χ4v) is 11.4. The van der Waals surface area contributed by atoms with Gasteiger partial charge in [0.1, 0.15) is 24.4 Å². The van der Waals surface area contributed by atoms with E-state index in [9.17, 15) is 35.1 Å². The summed E-state index contributed by atoms with van der Waals surface area (Å²) in [6.07, 6.45) is 72.6. The molecule has 6 N–H and O–H groups in total. The number of aliphatic hydroxyl groups is 5. The monoisotopic (exact) mass is 1200 g/mol. The number of unbranched alkanes of at least 4 members (excludes halogenated alkanes) is 44. The summed E-state index contributed by atoms with van der Waals surface area (Å²) in [5.74, 6) is -0.182. The molecule has 1 aliphatic heterocycles. The van der Waals surface area contributed by atoms with Gasteiger partial charge in [-0.2, -0.15) is 0 Å². The summed E-state index contributed by atoms with van der Waals surface area (Å²) in [7, 11) is 0. The lowest BCUT2D eigenvalue weighted by Gasteiger charge is -2.40. The SMILES string of the molecule is CCCCCCCC/C=C/CC/C=C/C(O)C(COC1OC(CO)C(O)C(O)C1O)NC(=O)CCCCCCCCCCCCCCCCCCC/C=C\C/C=C\CCCCCCCCCCCOC(=O)CCCCCCCCCCCCCC. The van der Waals surface area contributed by atoms with Crippen LogP contribution in [0.25, 0.3) is 0 Å². The second-order valence-corrected chi connectivity index (χ2v) is 25.3. The largest absolute Gasteiger partial charge is 0.466 e. The van der Waals surface area contributed by atoms with E-state index in [1.165, 1.54) is 257 Å². The van der Waals surface area contributed by atoms with Crippen LogP contribution in [0.3, 0.4) is 0 Å². The fraction of sp³-hybridized carbons (Fsp3) is 0.865. The highest BCUT2D eigenvalue weighted by Gasteiger charge is 2.44. The topological polar surface area (TPSA) is 175 Å². The molecule has 85 heavy (non-hydrogen) atoms. The lowest BCUT2D eigenvalue weighted by atomic mass is 9.99. The number of carbonyl (C=O) groups is 2. The zero-order valence-electron chi connectivity index (χ0n) is 55.3. The van der Waals surface area contributed by atoms with Gasteiger partial charge in [0.05, 0.1) is 32.0 Å². The van der Waals surface area contributed by atoms with Gasteiger partial charge in [0.2, 0.25) is 5.91 Å². The minimum absolute atomic E-state index is 0.00750. The minimum atomic E-state index is -1.58. The Bertz CT molecular complexity index is 1550. The van der Waals surface area contributed by atoms with Gasteiger partial charge in [-0.1, -0.05) is 306 Å². The van der Waals surface area contributed by atoms with E-state index in [1.807, 2.05) is 6.08 Å². The summed E-state index contributed by atoms with van der Waals surface area (Å²) in [5.41, 5.74) is 0. The van der Waals surface area contributed by atoms with Crippen LogP contribution in [-0.4, -0.2) is 100 Å². The molecule has 0 radical (unpaired) electrons. The summed E-state index contributed by atoms with van der Waals surface area (Å²) in [4.78, 5) is 25.1. The number of hydrogen-bond acceptors (Lipinski definition) is 10. The first-order valence-corrected chi connectivity index (χ1v) is 36.4. The molecule has 0 saturated carbocycles. The van der Waals surface area contributed by atoms with Crippen LogP contribution in [0.5, 0.6) is 0 Å². The summed E-state index contributed by atoms with van der Waals surface area (Å²) in [6.45, 7) is 4.34. The molecule has 0 spiro atoms. The quantitative estimate of drug-likeness (QED) is 0.0195. The summed E-state index contributed by atoms with van der Waals surface area (Å²) < 4.78 is 16.7. The Labute approximate surface area is 523 Å². The van der Waals surface area contributed by atoms with Gasteiger partial charge in [-0.15, -0.1) is 0 Å². The maximum absolute atomic E-state index is 13.1. The predicted molar refractivity (Wildman–Crippen MR) is 357 cm³/mol. The van der Waals surface area contributed by atoms with Gasteiger partial charge < -0.3 is 45.1 Å². The Kier molecular flexibility index (Phi) is 60.0. The van der Waals surface area contributed by atoms with E-state index in [1.54, 1.807) is 6.08 Å². The molecule has 1 rings (SSSR count). The first-order valence-electron chi connectivity index (χ1n) is 36.4. The molecule has 1 amide bonds. The third-order valence-electron chi connectivity index (χ3n) is 17.2. The molecule has 0 aromatic rings. The zero-order chi connectivity index (χ0) is 61.6. The van der Waals surface area contributed by atoms with Gasteiger partial charge in [0.25, 0.3) is 0 Å². The number of esters is 1. The Morgan fingerprint density at radius 3 is 1.24 bits per heavy atom. The number of allylic oxidation sites excluding steroid dienone is 7. The number of hydrogen-bond donors (Lipinski definition) is 6. The van der Waals surface area contributed by atoms with Crippen molar-refractivity contribution in [3.05, 3.63) is 48.6 Å². The van der Waals surface area contributed by atoms with Gasteiger partial charge in [-0.05, 0) is 77.0 Å². The molecule has 0 aliphatic carbocycles. The number of nitrogens with one attached hydrogen (secondary N) is 1. The van der Waals surface area contributed by atoms with Crippen molar-refractivity contribution in [3.63, 3.8) is 0 Å². The van der Waals surface area contributed by atoms with Crippen molar-refractivity contribution in [2.75, 3.05) is 19.8 Å². The number of aliphatic hydroxyl groups excluding tert-OH is 5. The van der Waals surface area contributed by atoms with Gasteiger partial charge in [-0.25, -0.2) is 0 Å². The molecule has 11 nitrogen and oxygen atoms in total. The fourth-order valence-electron chi connectivity index (χ4n) is 11.4. The predicted octanol–water partition coefficient (Wildman–Crippen LogP) is 18.7. The van der Waals surface area contributed by atoms with Gasteiger partial charge >= 0.3 is 5.97 Å². The molecule has 7 atom stereocenters. The van der Waals surface area contributed by atoms with Gasteiger partial charge in [0.15, 0.2) is 6.29 Å². The highest BCUT2D eigenvalue weighted by Crippen LogP contribution is 2.23. The van der Waals surface area contributed by atoms with E-state index in [0.29, 0.717) is 19.4 Å². The van der Waals surface area contributed by atoms with E-state index >= 15 is 0 Å². The van der Waals surface area contributed by atoms with Crippen molar-refractivity contribution in [2.24, 2.45) is 0 Å². The average molecular weight is 1200 g/mol. The average Bonchev–Trinajstić information content (AvgIpc) is 3.30. The summed E-state index contributed by atoms with van der Waals surface area (Å²) >= 11 is 0. The third-order valence-corrected chi connectivity index (χ3v) is 17.2. The number of rotatable bonds is 64. The molecule has 0 aromatic carbocycles. The van der Waals surface area contributed by atoms with Gasteiger partial charge in [0, 0.05) is 12.8 Å². The first-order chi connectivity index (χ1) is 41.7.